The number of benzene rings is 2. The van der Waals surface area contributed by atoms with Gasteiger partial charge in [-0.25, -0.2) is 17.7 Å². The summed E-state index contributed by atoms with van der Waals surface area (Å²) in [5, 5.41) is 5.58. The van der Waals surface area contributed by atoms with E-state index >= 15 is 0 Å². The smallest absolute Gasteiger partial charge is 0.257 e. The zero-order valence-corrected chi connectivity index (χ0v) is 16.9. The Hall–Kier alpha value is -2.26. The molecule has 0 saturated heterocycles. The molecule has 1 aromatic heterocycles. The number of aromatic nitrogens is 1. The van der Waals surface area contributed by atoms with Crippen LogP contribution in [0.5, 0.6) is 0 Å². The third-order valence-electron chi connectivity index (χ3n) is 3.74. The molecule has 0 aliphatic heterocycles. The molecule has 0 aliphatic rings. The quantitative estimate of drug-likeness (QED) is 0.676. The van der Waals surface area contributed by atoms with Crippen molar-refractivity contribution in [3.05, 3.63) is 64.5 Å². The van der Waals surface area contributed by atoms with E-state index in [4.69, 9.17) is 11.6 Å². The molecule has 3 aromatic rings. The Morgan fingerprint density at radius 1 is 1.15 bits per heavy atom. The Balaban J connectivity index is 1.79. The van der Waals surface area contributed by atoms with Gasteiger partial charge in [-0.3, -0.25) is 10.1 Å². The molecule has 6 nitrogen and oxygen atoms in total. The van der Waals surface area contributed by atoms with Crippen molar-refractivity contribution in [3.63, 3.8) is 0 Å². The molecule has 0 bridgehead atoms. The van der Waals surface area contributed by atoms with Gasteiger partial charge in [0.25, 0.3) is 5.91 Å². The number of hydrogen-bond donors (Lipinski definition) is 1. The van der Waals surface area contributed by atoms with Crippen molar-refractivity contribution in [1.29, 1.82) is 0 Å². The molecule has 0 aliphatic carbocycles. The normalized spacial score (nSPS) is 11.6. The Bertz CT molecular complexity index is 1080. The number of nitrogens with one attached hydrogen (secondary N) is 1. The zero-order chi connectivity index (χ0) is 19.6. The molecule has 140 valence electrons. The van der Waals surface area contributed by atoms with Gasteiger partial charge < -0.3 is 0 Å². The van der Waals surface area contributed by atoms with E-state index in [-0.39, 0.29) is 10.5 Å². The maximum absolute atomic E-state index is 12.5. The first kappa shape index (κ1) is 19.5. The average molecular weight is 422 g/mol. The molecule has 0 unspecified atom stereocenters. The largest absolute Gasteiger partial charge is 0.298 e. The zero-order valence-electron chi connectivity index (χ0n) is 14.5. The van der Waals surface area contributed by atoms with Gasteiger partial charge in [-0.2, -0.15) is 0 Å². The lowest BCUT2D eigenvalue weighted by Gasteiger charge is -2.12. The van der Waals surface area contributed by atoms with Crippen LogP contribution in [-0.2, 0) is 10.0 Å². The second-order valence-electron chi connectivity index (χ2n) is 5.81. The summed E-state index contributed by atoms with van der Waals surface area (Å²) in [5.41, 5.74) is 1.84. The van der Waals surface area contributed by atoms with E-state index in [0.29, 0.717) is 10.2 Å². The van der Waals surface area contributed by atoms with Gasteiger partial charge in [-0.1, -0.05) is 29.8 Å². The van der Waals surface area contributed by atoms with Gasteiger partial charge in [-0.05, 0) is 30.3 Å². The molecular weight excluding hydrogens is 406 g/mol. The highest BCUT2D eigenvalue weighted by Crippen LogP contribution is 2.26. The Morgan fingerprint density at radius 2 is 1.85 bits per heavy atom. The van der Waals surface area contributed by atoms with Crippen LogP contribution in [0.25, 0.3) is 11.3 Å². The van der Waals surface area contributed by atoms with Crippen molar-refractivity contribution in [1.82, 2.24) is 9.29 Å². The maximum Gasteiger partial charge on any atom is 0.257 e. The minimum Gasteiger partial charge on any atom is -0.298 e. The second kappa shape index (κ2) is 7.77. The fraction of sp³-hybridized carbons (Fsp3) is 0.111. The number of carbonyl (C=O) groups excluding carboxylic acids is 1. The number of amides is 1. The SMILES string of the molecule is CN(C)S(=O)(=O)c1cccc(C(=O)Nc2nc(-c3ccc(Cl)cc3)cs2)c1. The summed E-state index contributed by atoms with van der Waals surface area (Å²) in [7, 11) is -0.731. The van der Waals surface area contributed by atoms with Crippen LogP contribution >= 0.6 is 22.9 Å². The lowest BCUT2D eigenvalue weighted by atomic mass is 10.2. The van der Waals surface area contributed by atoms with Crippen LogP contribution in [0.15, 0.2) is 58.8 Å². The molecule has 27 heavy (non-hydrogen) atoms. The summed E-state index contributed by atoms with van der Waals surface area (Å²) in [4.78, 5) is 16.9. The van der Waals surface area contributed by atoms with Crippen LogP contribution in [-0.4, -0.2) is 37.7 Å². The van der Waals surface area contributed by atoms with E-state index < -0.39 is 15.9 Å². The van der Waals surface area contributed by atoms with Crippen molar-refractivity contribution >= 4 is 44.0 Å². The molecule has 1 amide bonds. The monoisotopic (exact) mass is 421 g/mol. The fourth-order valence-electron chi connectivity index (χ4n) is 2.26. The predicted octanol–water partition coefficient (Wildman–Crippen LogP) is 3.97. The van der Waals surface area contributed by atoms with Crippen molar-refractivity contribution < 1.29 is 13.2 Å². The molecule has 0 atom stereocenters. The lowest BCUT2D eigenvalue weighted by Crippen LogP contribution is -2.22. The Morgan fingerprint density at radius 3 is 2.52 bits per heavy atom. The standard InChI is InChI=1S/C18H16ClN3O3S2/c1-22(2)27(24,25)15-5-3-4-13(10-15)17(23)21-18-20-16(11-26-18)12-6-8-14(19)9-7-12/h3-11H,1-2H3,(H,20,21,23). The van der Waals surface area contributed by atoms with E-state index in [1.165, 1.54) is 43.6 Å². The summed E-state index contributed by atoms with van der Waals surface area (Å²) in [6, 6.07) is 13.1. The first-order valence-corrected chi connectivity index (χ1v) is 10.5. The number of thiazole rings is 1. The van der Waals surface area contributed by atoms with Gasteiger partial charge in [-0.15, -0.1) is 11.3 Å². The third-order valence-corrected chi connectivity index (χ3v) is 6.56. The number of anilines is 1. The van der Waals surface area contributed by atoms with Gasteiger partial charge >= 0.3 is 0 Å². The van der Waals surface area contributed by atoms with Crippen LogP contribution in [0.1, 0.15) is 10.4 Å². The summed E-state index contributed by atoms with van der Waals surface area (Å²) in [5.74, 6) is -0.428. The highest BCUT2D eigenvalue weighted by Gasteiger charge is 2.19. The predicted molar refractivity (Wildman–Crippen MR) is 108 cm³/mol. The molecule has 2 aromatic carbocycles. The van der Waals surface area contributed by atoms with Crippen LogP contribution < -0.4 is 5.32 Å². The Kier molecular flexibility index (Phi) is 5.61. The molecule has 0 spiro atoms. The van der Waals surface area contributed by atoms with Crippen molar-refractivity contribution in [3.8, 4) is 11.3 Å². The molecule has 9 heteroatoms. The van der Waals surface area contributed by atoms with Gasteiger partial charge in [0.15, 0.2) is 5.13 Å². The molecule has 1 N–H and O–H groups in total. The van der Waals surface area contributed by atoms with E-state index in [9.17, 15) is 13.2 Å². The molecule has 1 heterocycles. The van der Waals surface area contributed by atoms with Crippen LogP contribution in [0, 0.1) is 0 Å². The lowest BCUT2D eigenvalue weighted by molar-refractivity contribution is 0.102. The number of nitrogens with zero attached hydrogens (tertiary/aromatic N) is 2. The first-order chi connectivity index (χ1) is 12.8. The van der Waals surface area contributed by atoms with Crippen molar-refractivity contribution in [2.24, 2.45) is 0 Å². The van der Waals surface area contributed by atoms with Gasteiger partial charge in [0, 0.05) is 35.6 Å². The summed E-state index contributed by atoms with van der Waals surface area (Å²) < 4.78 is 25.5. The van der Waals surface area contributed by atoms with Gasteiger partial charge in [0.1, 0.15) is 0 Å². The highest BCUT2D eigenvalue weighted by molar-refractivity contribution is 7.89. The number of sulfonamides is 1. The number of rotatable bonds is 5. The minimum atomic E-state index is -3.61. The van der Waals surface area contributed by atoms with Crippen LogP contribution in [0.2, 0.25) is 5.02 Å². The molecule has 0 fully saturated rings. The van der Waals surface area contributed by atoms with Crippen molar-refractivity contribution in [2.75, 3.05) is 19.4 Å². The Labute approximate surface area is 166 Å². The topological polar surface area (TPSA) is 79.4 Å². The number of halogens is 1. The van der Waals surface area contributed by atoms with Crippen molar-refractivity contribution in [2.45, 2.75) is 4.90 Å². The van der Waals surface area contributed by atoms with Crippen LogP contribution in [0.4, 0.5) is 5.13 Å². The third kappa shape index (κ3) is 4.36. The first-order valence-electron chi connectivity index (χ1n) is 7.83. The summed E-state index contributed by atoms with van der Waals surface area (Å²) in [6.45, 7) is 0. The maximum atomic E-state index is 12.5. The molecule has 3 rings (SSSR count). The average Bonchev–Trinajstić information content (AvgIpc) is 3.10. The van der Waals surface area contributed by atoms with Gasteiger partial charge in [0.2, 0.25) is 10.0 Å². The van der Waals surface area contributed by atoms with E-state index in [1.54, 1.807) is 18.2 Å². The van der Waals surface area contributed by atoms with E-state index in [0.717, 1.165) is 15.6 Å². The van der Waals surface area contributed by atoms with E-state index in [2.05, 4.69) is 10.3 Å². The highest BCUT2D eigenvalue weighted by atomic mass is 35.5. The second-order valence-corrected chi connectivity index (χ2v) is 9.26. The number of carbonyl (C=O) groups is 1. The number of hydrogen-bond acceptors (Lipinski definition) is 5. The fourth-order valence-corrected chi connectivity index (χ4v) is 4.05. The van der Waals surface area contributed by atoms with Gasteiger partial charge in [0.05, 0.1) is 10.6 Å². The molecular formula is C18H16ClN3O3S2. The summed E-state index contributed by atoms with van der Waals surface area (Å²) in [6.07, 6.45) is 0. The minimum absolute atomic E-state index is 0.0566. The molecule has 0 radical (unpaired) electrons. The molecule has 0 saturated carbocycles. The summed E-state index contributed by atoms with van der Waals surface area (Å²) >= 11 is 7.17. The van der Waals surface area contributed by atoms with E-state index in [1.807, 2.05) is 17.5 Å². The van der Waals surface area contributed by atoms with Crippen LogP contribution in [0.3, 0.4) is 0 Å².